The summed E-state index contributed by atoms with van der Waals surface area (Å²) in [7, 11) is 0. The topological polar surface area (TPSA) is 53.5 Å². The van der Waals surface area contributed by atoms with Crippen LogP contribution in [-0.4, -0.2) is 12.2 Å². The molecule has 0 saturated heterocycles. The molecule has 0 aromatic heterocycles. The second-order valence-corrected chi connectivity index (χ2v) is 4.63. The lowest BCUT2D eigenvalue weighted by Gasteiger charge is -2.05. The molecule has 2 amide bonds. The summed E-state index contributed by atoms with van der Waals surface area (Å²) in [5.41, 5.74) is 2.35. The Balaban J connectivity index is 2.56. The van der Waals surface area contributed by atoms with Gasteiger partial charge in [-0.1, -0.05) is 29.8 Å². The molecular weight excluding hydrogens is 289 g/mol. The molecule has 1 aromatic rings. The minimum absolute atomic E-state index is 0.102. The Morgan fingerprint density at radius 1 is 1.53 bits per heavy atom. The van der Waals surface area contributed by atoms with E-state index in [0.29, 0.717) is 4.47 Å². The van der Waals surface area contributed by atoms with Gasteiger partial charge in [0.25, 0.3) is 0 Å². The van der Waals surface area contributed by atoms with Gasteiger partial charge in [0.05, 0.1) is 5.69 Å². The number of halogens is 2. The van der Waals surface area contributed by atoms with Crippen LogP contribution < -0.4 is 10.7 Å². The van der Waals surface area contributed by atoms with Crippen LogP contribution in [0.5, 0.6) is 0 Å². The quantitative estimate of drug-likeness (QED) is 0.653. The molecule has 0 spiro atoms. The Morgan fingerprint density at radius 3 is 2.82 bits per heavy atom. The Morgan fingerprint density at radius 2 is 2.24 bits per heavy atom. The molecule has 17 heavy (non-hydrogen) atoms. The molecule has 1 rings (SSSR count). The number of anilines is 1. The van der Waals surface area contributed by atoms with Crippen molar-refractivity contribution in [3.05, 3.63) is 28.5 Å². The van der Waals surface area contributed by atoms with Crippen LogP contribution in [0.15, 0.2) is 27.8 Å². The van der Waals surface area contributed by atoms with Gasteiger partial charge in [0.15, 0.2) is 0 Å². The fourth-order valence-corrected chi connectivity index (χ4v) is 1.32. The average molecular weight is 302 g/mol. The van der Waals surface area contributed by atoms with Gasteiger partial charge in [-0.25, -0.2) is 14.6 Å². The van der Waals surface area contributed by atoms with Gasteiger partial charge in [-0.05, 0) is 24.1 Å². The molecule has 6 heteroatoms. The summed E-state index contributed by atoms with van der Waals surface area (Å²) in [5, 5.41) is 6.05. The zero-order valence-electron chi connectivity index (χ0n) is 9.50. The zero-order valence-corrected chi connectivity index (χ0v) is 11.1. The van der Waals surface area contributed by atoms with E-state index in [1.54, 1.807) is 12.3 Å². The van der Waals surface area contributed by atoms with Crippen LogP contribution in [0.2, 0.25) is 0 Å². The fourth-order valence-electron chi connectivity index (χ4n) is 0.986. The van der Waals surface area contributed by atoms with Gasteiger partial charge in [-0.3, -0.25) is 0 Å². The molecule has 0 fully saturated rings. The predicted octanol–water partition coefficient (Wildman–Crippen LogP) is 3.35. The lowest BCUT2D eigenvalue weighted by Crippen LogP contribution is -2.24. The molecule has 0 saturated carbocycles. The van der Waals surface area contributed by atoms with Crippen LogP contribution in [0.25, 0.3) is 0 Å². The normalized spacial score (nSPS) is 10.9. The van der Waals surface area contributed by atoms with Crippen molar-refractivity contribution < 1.29 is 9.18 Å². The second kappa shape index (κ2) is 6.34. The molecule has 0 bridgehead atoms. The Labute approximate surface area is 107 Å². The largest absolute Gasteiger partial charge is 0.339 e. The monoisotopic (exact) mass is 301 g/mol. The van der Waals surface area contributed by atoms with Crippen LogP contribution in [0, 0.1) is 11.7 Å². The molecule has 0 aliphatic heterocycles. The standard InChI is InChI=1S/C11H13BrFN3O/c1-7(2)6-14-16-11(17)15-10-4-3-8(12)5-9(10)13/h3-7H,1-2H3,(H2,15,16,17)/b14-6-. The van der Waals surface area contributed by atoms with E-state index in [4.69, 9.17) is 0 Å². The van der Waals surface area contributed by atoms with Crippen LogP contribution in [-0.2, 0) is 0 Å². The highest BCUT2D eigenvalue weighted by Crippen LogP contribution is 2.18. The first-order valence-electron chi connectivity index (χ1n) is 5.04. The molecule has 0 radical (unpaired) electrons. The molecule has 92 valence electrons. The maximum atomic E-state index is 13.4. The van der Waals surface area contributed by atoms with Crippen molar-refractivity contribution in [1.82, 2.24) is 5.43 Å². The number of hydrogen-bond donors (Lipinski definition) is 2. The Kier molecular flexibility index (Phi) is 5.09. The molecule has 0 heterocycles. The second-order valence-electron chi connectivity index (χ2n) is 3.71. The van der Waals surface area contributed by atoms with Crippen LogP contribution in [0.4, 0.5) is 14.9 Å². The molecule has 1 aromatic carbocycles. The average Bonchev–Trinajstić information content (AvgIpc) is 2.21. The van der Waals surface area contributed by atoms with Gasteiger partial charge >= 0.3 is 6.03 Å². The highest BCUT2D eigenvalue weighted by molar-refractivity contribution is 9.10. The SMILES string of the molecule is CC(C)/C=N\NC(=O)Nc1ccc(Br)cc1F. The highest BCUT2D eigenvalue weighted by atomic mass is 79.9. The van der Waals surface area contributed by atoms with E-state index in [1.807, 2.05) is 13.8 Å². The first kappa shape index (κ1) is 13.6. The van der Waals surface area contributed by atoms with E-state index in [9.17, 15) is 9.18 Å². The lowest BCUT2D eigenvalue weighted by molar-refractivity contribution is 0.252. The van der Waals surface area contributed by atoms with E-state index in [2.05, 4.69) is 31.8 Å². The van der Waals surface area contributed by atoms with E-state index in [1.165, 1.54) is 12.1 Å². The Bertz CT molecular complexity index is 435. The van der Waals surface area contributed by atoms with Gasteiger partial charge < -0.3 is 5.32 Å². The van der Waals surface area contributed by atoms with Crippen LogP contribution in [0.3, 0.4) is 0 Å². The minimum Gasteiger partial charge on any atom is -0.304 e. The van der Waals surface area contributed by atoms with Crippen molar-refractivity contribution in [1.29, 1.82) is 0 Å². The van der Waals surface area contributed by atoms with E-state index >= 15 is 0 Å². The van der Waals surface area contributed by atoms with Gasteiger partial charge in [0.2, 0.25) is 0 Å². The lowest BCUT2D eigenvalue weighted by atomic mass is 10.3. The van der Waals surface area contributed by atoms with Gasteiger partial charge in [-0.2, -0.15) is 5.10 Å². The highest BCUT2D eigenvalue weighted by Gasteiger charge is 2.05. The zero-order chi connectivity index (χ0) is 12.8. The minimum atomic E-state index is -0.580. The maximum Gasteiger partial charge on any atom is 0.339 e. The van der Waals surface area contributed by atoms with Gasteiger partial charge in [0.1, 0.15) is 5.82 Å². The number of nitrogens with zero attached hydrogens (tertiary/aromatic N) is 1. The van der Waals surface area contributed by atoms with Crippen molar-refractivity contribution >= 4 is 33.9 Å². The number of amides is 2. The number of rotatable bonds is 3. The van der Waals surface area contributed by atoms with Gasteiger partial charge in [-0.15, -0.1) is 0 Å². The van der Waals surface area contributed by atoms with E-state index in [0.717, 1.165) is 0 Å². The molecule has 0 atom stereocenters. The third-order valence-electron chi connectivity index (χ3n) is 1.72. The third-order valence-corrected chi connectivity index (χ3v) is 2.21. The van der Waals surface area contributed by atoms with Crippen LogP contribution in [0.1, 0.15) is 13.8 Å². The van der Waals surface area contributed by atoms with E-state index in [-0.39, 0.29) is 11.6 Å². The summed E-state index contributed by atoms with van der Waals surface area (Å²) < 4.78 is 14.0. The number of hydrogen-bond acceptors (Lipinski definition) is 2. The third kappa shape index (κ3) is 4.95. The maximum absolute atomic E-state index is 13.4. The first-order valence-corrected chi connectivity index (χ1v) is 5.83. The van der Waals surface area contributed by atoms with Gasteiger partial charge in [0, 0.05) is 10.7 Å². The summed E-state index contributed by atoms with van der Waals surface area (Å²) in [6, 6.07) is 3.79. The number of nitrogens with one attached hydrogen (secondary N) is 2. The smallest absolute Gasteiger partial charge is 0.304 e. The van der Waals surface area contributed by atoms with Crippen molar-refractivity contribution in [3.63, 3.8) is 0 Å². The molecule has 4 nitrogen and oxygen atoms in total. The van der Waals surface area contributed by atoms with Crippen molar-refractivity contribution in [2.45, 2.75) is 13.8 Å². The molecule has 0 aliphatic rings. The van der Waals surface area contributed by atoms with Crippen molar-refractivity contribution in [3.8, 4) is 0 Å². The molecular formula is C11H13BrFN3O. The number of urea groups is 1. The number of carbonyl (C=O) groups is 1. The predicted molar refractivity (Wildman–Crippen MR) is 69.6 cm³/mol. The summed E-state index contributed by atoms with van der Waals surface area (Å²) in [5.74, 6) is -0.276. The van der Waals surface area contributed by atoms with Crippen molar-refractivity contribution in [2.75, 3.05) is 5.32 Å². The summed E-state index contributed by atoms with van der Waals surface area (Å²) >= 11 is 3.13. The molecule has 0 unspecified atom stereocenters. The summed E-state index contributed by atoms with van der Waals surface area (Å²) in [6.45, 7) is 3.86. The fraction of sp³-hybridized carbons (Fsp3) is 0.273. The number of carbonyl (C=O) groups excluding carboxylic acids is 1. The molecule has 0 aliphatic carbocycles. The number of hydrazone groups is 1. The summed E-state index contributed by atoms with van der Waals surface area (Å²) in [6.07, 6.45) is 1.58. The Hall–Kier alpha value is -1.43. The van der Waals surface area contributed by atoms with Crippen molar-refractivity contribution in [2.24, 2.45) is 11.0 Å². The summed E-state index contributed by atoms with van der Waals surface area (Å²) in [4.78, 5) is 11.3. The van der Waals surface area contributed by atoms with E-state index < -0.39 is 11.8 Å². The number of benzene rings is 1. The molecule has 2 N–H and O–H groups in total. The van der Waals surface area contributed by atoms with Crippen LogP contribution >= 0.6 is 15.9 Å². The first-order chi connectivity index (χ1) is 7.99.